The van der Waals surface area contributed by atoms with E-state index in [1.54, 1.807) is 0 Å². The van der Waals surface area contributed by atoms with Gasteiger partial charge in [0.25, 0.3) is 11.5 Å². The molecule has 3 aromatic rings. The van der Waals surface area contributed by atoms with Crippen LogP contribution in [0.25, 0.3) is 11.3 Å². The average molecular weight is 351 g/mol. The molecule has 8 heteroatoms. The van der Waals surface area contributed by atoms with Crippen molar-refractivity contribution in [3.05, 3.63) is 71.2 Å². The van der Waals surface area contributed by atoms with Crippen molar-refractivity contribution in [1.29, 1.82) is 0 Å². The Balaban J connectivity index is 1.61. The molecular formula is C18H17N5O3. The largest absolute Gasteiger partial charge is 0.481 e. The first kappa shape index (κ1) is 17.3. The lowest BCUT2D eigenvalue weighted by atomic mass is 10.1. The lowest BCUT2D eigenvalue weighted by Crippen LogP contribution is -2.31. The van der Waals surface area contributed by atoms with Crippen molar-refractivity contribution in [3.8, 4) is 17.1 Å². The number of nitrogens with zero attached hydrogens (tertiary/aromatic N) is 4. The summed E-state index contributed by atoms with van der Waals surface area (Å²) in [5.41, 5.74) is 1.50. The third kappa shape index (κ3) is 4.10. The molecule has 2 heterocycles. The van der Waals surface area contributed by atoms with Crippen LogP contribution in [0, 0.1) is 0 Å². The van der Waals surface area contributed by atoms with E-state index in [1.165, 1.54) is 36.5 Å². The zero-order chi connectivity index (χ0) is 18.4. The molecule has 1 N–H and O–H groups in total. The van der Waals surface area contributed by atoms with Crippen LogP contribution in [0.4, 0.5) is 0 Å². The number of carbonyl (C=O) groups is 1. The summed E-state index contributed by atoms with van der Waals surface area (Å²) in [5.74, 6) is -0.0605. The van der Waals surface area contributed by atoms with Gasteiger partial charge in [-0.25, -0.2) is 15.0 Å². The van der Waals surface area contributed by atoms with Crippen molar-refractivity contribution in [3.63, 3.8) is 0 Å². The predicted molar refractivity (Wildman–Crippen MR) is 94.9 cm³/mol. The topological polar surface area (TPSA) is 99.0 Å². The minimum atomic E-state index is -0.368. The molecule has 0 radical (unpaired) electrons. The number of hydrogen-bond acceptors (Lipinski definition) is 6. The molecular weight excluding hydrogens is 334 g/mol. The van der Waals surface area contributed by atoms with Crippen molar-refractivity contribution >= 4 is 5.91 Å². The molecule has 8 nitrogen and oxygen atoms in total. The first-order chi connectivity index (χ1) is 12.7. The van der Waals surface area contributed by atoms with Crippen molar-refractivity contribution in [2.75, 3.05) is 13.7 Å². The molecule has 0 saturated heterocycles. The molecule has 26 heavy (non-hydrogen) atoms. The standard InChI is InChI=1S/C18H17N5O3/c1-26-16-9-15(20-11-21-16)18(25)19-7-8-23-12-22-14(10-17(23)24)13-5-3-2-4-6-13/h2-6,9-12H,7-8H2,1H3,(H,19,25). The van der Waals surface area contributed by atoms with E-state index in [4.69, 9.17) is 4.74 Å². The Bertz CT molecular complexity index is 956. The number of benzene rings is 1. The summed E-state index contributed by atoms with van der Waals surface area (Å²) in [7, 11) is 1.46. The van der Waals surface area contributed by atoms with Crippen LogP contribution in [-0.4, -0.2) is 39.1 Å². The van der Waals surface area contributed by atoms with Crippen LogP contribution in [0.2, 0.25) is 0 Å². The molecule has 1 amide bonds. The molecule has 0 saturated carbocycles. The fourth-order valence-corrected chi connectivity index (χ4v) is 2.32. The van der Waals surface area contributed by atoms with Crippen molar-refractivity contribution in [1.82, 2.24) is 24.8 Å². The van der Waals surface area contributed by atoms with E-state index in [0.29, 0.717) is 18.1 Å². The van der Waals surface area contributed by atoms with Gasteiger partial charge in [0.15, 0.2) is 0 Å². The highest BCUT2D eigenvalue weighted by molar-refractivity contribution is 5.92. The second-order valence-electron chi connectivity index (χ2n) is 5.37. The minimum Gasteiger partial charge on any atom is -0.481 e. The van der Waals surface area contributed by atoms with E-state index in [-0.39, 0.29) is 23.7 Å². The average Bonchev–Trinajstić information content (AvgIpc) is 2.69. The van der Waals surface area contributed by atoms with Gasteiger partial charge in [0.1, 0.15) is 12.0 Å². The Morgan fingerprint density at radius 1 is 1.15 bits per heavy atom. The van der Waals surface area contributed by atoms with Crippen molar-refractivity contribution in [2.24, 2.45) is 0 Å². The van der Waals surface area contributed by atoms with Crippen LogP contribution in [0.1, 0.15) is 10.5 Å². The fraction of sp³-hybridized carbons (Fsp3) is 0.167. The van der Waals surface area contributed by atoms with Gasteiger partial charge in [-0.1, -0.05) is 30.3 Å². The highest BCUT2D eigenvalue weighted by Crippen LogP contribution is 2.13. The first-order valence-electron chi connectivity index (χ1n) is 7.93. The number of hydrogen-bond donors (Lipinski definition) is 1. The van der Waals surface area contributed by atoms with Crippen molar-refractivity contribution in [2.45, 2.75) is 6.54 Å². The maximum absolute atomic E-state index is 12.2. The zero-order valence-corrected chi connectivity index (χ0v) is 14.1. The number of ether oxygens (including phenoxy) is 1. The number of methoxy groups -OCH3 is 1. The molecule has 0 atom stereocenters. The van der Waals surface area contributed by atoms with Crippen LogP contribution in [-0.2, 0) is 6.54 Å². The normalized spacial score (nSPS) is 10.3. The maximum Gasteiger partial charge on any atom is 0.270 e. The van der Waals surface area contributed by atoms with Crippen LogP contribution < -0.4 is 15.6 Å². The Labute approximate surface area is 149 Å². The number of aromatic nitrogens is 4. The van der Waals surface area contributed by atoms with Crippen molar-refractivity contribution < 1.29 is 9.53 Å². The van der Waals surface area contributed by atoms with E-state index in [9.17, 15) is 9.59 Å². The third-order valence-electron chi connectivity index (χ3n) is 3.67. The summed E-state index contributed by atoms with van der Waals surface area (Å²) in [5, 5.41) is 2.70. The Morgan fingerprint density at radius 2 is 1.96 bits per heavy atom. The number of rotatable bonds is 6. The monoisotopic (exact) mass is 351 g/mol. The van der Waals surface area contributed by atoms with Gasteiger partial charge < -0.3 is 10.1 Å². The summed E-state index contributed by atoms with van der Waals surface area (Å²) >= 11 is 0. The molecule has 3 rings (SSSR count). The Hall–Kier alpha value is -3.55. The summed E-state index contributed by atoms with van der Waals surface area (Å²) in [6, 6.07) is 12.4. The number of amides is 1. The molecule has 132 valence electrons. The highest BCUT2D eigenvalue weighted by atomic mass is 16.5. The van der Waals surface area contributed by atoms with Gasteiger partial charge in [0, 0.05) is 30.8 Å². The second kappa shape index (κ2) is 8.02. The molecule has 0 spiro atoms. The molecule has 0 aliphatic heterocycles. The first-order valence-corrected chi connectivity index (χ1v) is 7.93. The molecule has 0 bridgehead atoms. The van der Waals surface area contributed by atoms with E-state index in [1.807, 2.05) is 30.3 Å². The van der Waals surface area contributed by atoms with Crippen LogP contribution in [0.5, 0.6) is 5.88 Å². The summed E-state index contributed by atoms with van der Waals surface area (Å²) in [6.07, 6.45) is 2.73. The quantitative estimate of drug-likeness (QED) is 0.715. The highest BCUT2D eigenvalue weighted by Gasteiger charge is 2.09. The van der Waals surface area contributed by atoms with Crippen LogP contribution in [0.3, 0.4) is 0 Å². The van der Waals surface area contributed by atoms with Gasteiger partial charge in [-0.3, -0.25) is 14.2 Å². The van der Waals surface area contributed by atoms with Gasteiger partial charge in [-0.05, 0) is 0 Å². The fourth-order valence-electron chi connectivity index (χ4n) is 2.32. The maximum atomic E-state index is 12.2. The van der Waals surface area contributed by atoms with E-state index in [2.05, 4.69) is 20.3 Å². The lowest BCUT2D eigenvalue weighted by molar-refractivity contribution is 0.0946. The van der Waals surface area contributed by atoms with E-state index in [0.717, 1.165) is 5.56 Å². The SMILES string of the molecule is COc1cc(C(=O)NCCn2cnc(-c3ccccc3)cc2=O)ncn1. The van der Waals surface area contributed by atoms with Gasteiger partial charge in [0.2, 0.25) is 5.88 Å². The molecule has 2 aromatic heterocycles. The molecule has 0 aliphatic rings. The summed E-state index contributed by atoms with van der Waals surface area (Å²) < 4.78 is 6.40. The predicted octanol–water partition coefficient (Wildman–Crippen LogP) is 1.14. The Morgan fingerprint density at radius 3 is 2.69 bits per heavy atom. The van der Waals surface area contributed by atoms with E-state index >= 15 is 0 Å². The molecule has 0 fully saturated rings. The zero-order valence-electron chi connectivity index (χ0n) is 14.1. The molecule has 0 unspecified atom stereocenters. The summed E-state index contributed by atoms with van der Waals surface area (Å²) in [4.78, 5) is 36.3. The minimum absolute atomic E-state index is 0.184. The lowest BCUT2D eigenvalue weighted by Gasteiger charge is -2.08. The number of carbonyl (C=O) groups excluding carboxylic acids is 1. The van der Waals surface area contributed by atoms with Gasteiger partial charge in [0.05, 0.1) is 19.1 Å². The smallest absolute Gasteiger partial charge is 0.270 e. The molecule has 0 aliphatic carbocycles. The van der Waals surface area contributed by atoms with Gasteiger partial charge in [-0.2, -0.15) is 0 Å². The molecule has 1 aromatic carbocycles. The second-order valence-corrected chi connectivity index (χ2v) is 5.37. The number of nitrogens with one attached hydrogen (secondary N) is 1. The summed E-state index contributed by atoms with van der Waals surface area (Å²) in [6.45, 7) is 0.562. The Kier molecular flexibility index (Phi) is 5.33. The van der Waals surface area contributed by atoms with E-state index < -0.39 is 0 Å². The third-order valence-corrected chi connectivity index (χ3v) is 3.67. The van der Waals surface area contributed by atoms with Gasteiger partial charge in [-0.15, -0.1) is 0 Å². The van der Waals surface area contributed by atoms with Crippen LogP contribution in [0.15, 0.2) is 59.9 Å². The van der Waals surface area contributed by atoms with Gasteiger partial charge >= 0.3 is 0 Å². The van der Waals surface area contributed by atoms with Crippen LogP contribution >= 0.6 is 0 Å².